The summed E-state index contributed by atoms with van der Waals surface area (Å²) in [6, 6.07) is 4.33. The summed E-state index contributed by atoms with van der Waals surface area (Å²) in [4.78, 5) is 17.0. The van der Waals surface area contributed by atoms with Crippen LogP contribution in [0.5, 0.6) is 0 Å². The van der Waals surface area contributed by atoms with Crippen molar-refractivity contribution >= 4 is 22.7 Å². The van der Waals surface area contributed by atoms with Gasteiger partial charge in [-0.05, 0) is 19.4 Å². The lowest BCUT2D eigenvalue weighted by atomic mass is 10.1. The molecule has 0 spiro atoms. The zero-order valence-corrected chi connectivity index (χ0v) is 13.0. The van der Waals surface area contributed by atoms with E-state index in [2.05, 4.69) is 35.1 Å². The standard InChI is InChI=1S/C16H16N8/c17-5-11-6-20-16(9-19-11)23-15-4-14-13(8-21-15)22-10-24(14)12-2-1-3-18-7-12/h4,6,8-10,12,18H,1-3,7H2,(H,20,21,23)/t12-/m1/s1. The molecule has 4 rings (SSSR count). The van der Waals surface area contributed by atoms with Gasteiger partial charge in [-0.2, -0.15) is 5.26 Å². The second-order valence-corrected chi connectivity index (χ2v) is 5.73. The van der Waals surface area contributed by atoms with Crippen LogP contribution >= 0.6 is 0 Å². The van der Waals surface area contributed by atoms with Gasteiger partial charge in [-0.25, -0.2) is 19.9 Å². The van der Waals surface area contributed by atoms with Crippen molar-refractivity contribution in [3.05, 3.63) is 36.7 Å². The van der Waals surface area contributed by atoms with E-state index in [0.717, 1.165) is 30.5 Å². The first-order chi connectivity index (χ1) is 11.8. The summed E-state index contributed by atoms with van der Waals surface area (Å²) in [7, 11) is 0. The van der Waals surface area contributed by atoms with E-state index < -0.39 is 0 Å². The number of rotatable bonds is 3. The van der Waals surface area contributed by atoms with E-state index in [-0.39, 0.29) is 5.69 Å². The smallest absolute Gasteiger partial charge is 0.158 e. The van der Waals surface area contributed by atoms with Gasteiger partial charge < -0.3 is 15.2 Å². The second kappa shape index (κ2) is 6.22. The van der Waals surface area contributed by atoms with Crippen molar-refractivity contribution in [2.24, 2.45) is 0 Å². The minimum absolute atomic E-state index is 0.284. The molecule has 8 nitrogen and oxygen atoms in total. The first kappa shape index (κ1) is 14.5. The highest BCUT2D eigenvalue weighted by molar-refractivity contribution is 5.78. The molecule has 0 saturated carbocycles. The van der Waals surface area contributed by atoms with Crippen molar-refractivity contribution < 1.29 is 0 Å². The molecule has 4 heterocycles. The average Bonchev–Trinajstić information content (AvgIpc) is 3.06. The molecule has 3 aromatic rings. The molecule has 8 heteroatoms. The third kappa shape index (κ3) is 2.77. The number of nitrogens with zero attached hydrogens (tertiary/aromatic N) is 6. The Labute approximate surface area is 138 Å². The molecule has 0 aromatic carbocycles. The molecule has 24 heavy (non-hydrogen) atoms. The SMILES string of the molecule is N#Cc1cnc(Nc2cc3c(cn2)ncn3[C@@H]2CCCNC2)cn1. The van der Waals surface area contributed by atoms with E-state index in [1.54, 1.807) is 6.20 Å². The summed E-state index contributed by atoms with van der Waals surface area (Å²) in [6.07, 6.45) is 8.90. The van der Waals surface area contributed by atoms with E-state index in [1.807, 2.05) is 18.5 Å². The highest BCUT2D eigenvalue weighted by Gasteiger charge is 2.17. The zero-order chi connectivity index (χ0) is 16.4. The van der Waals surface area contributed by atoms with Crippen LogP contribution in [0.1, 0.15) is 24.6 Å². The number of imidazole rings is 1. The van der Waals surface area contributed by atoms with Crippen molar-refractivity contribution in [3.8, 4) is 6.07 Å². The Morgan fingerprint density at radius 1 is 1.17 bits per heavy atom. The maximum absolute atomic E-state index is 8.77. The molecule has 0 aliphatic carbocycles. The van der Waals surface area contributed by atoms with Gasteiger partial charge in [0.1, 0.15) is 23.2 Å². The van der Waals surface area contributed by atoms with Gasteiger partial charge in [-0.3, -0.25) is 0 Å². The molecule has 2 N–H and O–H groups in total. The Morgan fingerprint density at radius 3 is 2.83 bits per heavy atom. The van der Waals surface area contributed by atoms with Gasteiger partial charge in [0.05, 0.1) is 30.4 Å². The summed E-state index contributed by atoms with van der Waals surface area (Å²) in [5.41, 5.74) is 2.20. The number of nitrogens with one attached hydrogen (secondary N) is 2. The van der Waals surface area contributed by atoms with Crippen molar-refractivity contribution in [1.82, 2.24) is 29.8 Å². The number of pyridine rings is 1. The highest BCUT2D eigenvalue weighted by atomic mass is 15.1. The molecule has 1 aliphatic rings. The van der Waals surface area contributed by atoms with E-state index in [1.165, 1.54) is 18.8 Å². The Morgan fingerprint density at radius 2 is 2.08 bits per heavy atom. The minimum atomic E-state index is 0.284. The average molecular weight is 320 g/mol. The van der Waals surface area contributed by atoms with Crippen LogP contribution in [0.2, 0.25) is 0 Å². The molecule has 1 saturated heterocycles. The van der Waals surface area contributed by atoms with Crippen molar-refractivity contribution in [1.29, 1.82) is 5.26 Å². The summed E-state index contributed by atoms with van der Waals surface area (Å²) < 4.78 is 2.21. The Bertz CT molecular complexity index is 887. The van der Waals surface area contributed by atoms with Gasteiger partial charge in [0.25, 0.3) is 0 Å². The summed E-state index contributed by atoms with van der Waals surface area (Å²) in [5, 5.41) is 15.3. The van der Waals surface area contributed by atoms with E-state index in [4.69, 9.17) is 5.26 Å². The zero-order valence-electron chi connectivity index (χ0n) is 13.0. The molecule has 1 fully saturated rings. The predicted molar refractivity (Wildman–Crippen MR) is 88.7 cm³/mol. The molecule has 3 aromatic heterocycles. The first-order valence-corrected chi connectivity index (χ1v) is 7.86. The third-order valence-electron chi connectivity index (χ3n) is 4.15. The van der Waals surface area contributed by atoms with Crippen molar-refractivity contribution in [2.75, 3.05) is 18.4 Å². The molecule has 0 bridgehead atoms. The fourth-order valence-corrected chi connectivity index (χ4v) is 2.94. The maximum Gasteiger partial charge on any atom is 0.158 e. The largest absolute Gasteiger partial charge is 0.326 e. The van der Waals surface area contributed by atoms with Crippen LogP contribution in [0.25, 0.3) is 11.0 Å². The van der Waals surface area contributed by atoms with Crippen LogP contribution in [0, 0.1) is 11.3 Å². The summed E-state index contributed by atoms with van der Waals surface area (Å²) >= 11 is 0. The summed E-state index contributed by atoms with van der Waals surface area (Å²) in [6.45, 7) is 2.03. The molecule has 0 amide bonds. The number of hydrogen-bond acceptors (Lipinski definition) is 7. The Kier molecular flexibility index (Phi) is 3.76. The Hall–Kier alpha value is -3.05. The molecule has 0 unspecified atom stereocenters. The quantitative estimate of drug-likeness (QED) is 0.757. The van der Waals surface area contributed by atoms with Crippen LogP contribution in [0.4, 0.5) is 11.6 Å². The minimum Gasteiger partial charge on any atom is -0.326 e. The van der Waals surface area contributed by atoms with E-state index >= 15 is 0 Å². The molecule has 120 valence electrons. The number of aromatic nitrogens is 5. The highest BCUT2D eigenvalue weighted by Crippen LogP contribution is 2.24. The lowest BCUT2D eigenvalue weighted by molar-refractivity contribution is 0.378. The monoisotopic (exact) mass is 320 g/mol. The van der Waals surface area contributed by atoms with Gasteiger partial charge in [0.15, 0.2) is 5.69 Å². The number of hydrogen-bond donors (Lipinski definition) is 2. The van der Waals surface area contributed by atoms with Gasteiger partial charge >= 0.3 is 0 Å². The van der Waals surface area contributed by atoms with Crippen LogP contribution in [-0.2, 0) is 0 Å². The Balaban J connectivity index is 1.62. The lowest BCUT2D eigenvalue weighted by Gasteiger charge is -2.24. The van der Waals surface area contributed by atoms with E-state index in [9.17, 15) is 0 Å². The number of fused-ring (bicyclic) bond motifs is 1. The van der Waals surface area contributed by atoms with Gasteiger partial charge in [-0.15, -0.1) is 0 Å². The number of anilines is 2. The summed E-state index contributed by atoms with van der Waals surface area (Å²) in [5.74, 6) is 1.22. The van der Waals surface area contributed by atoms with Crippen LogP contribution < -0.4 is 10.6 Å². The molecular formula is C16H16N8. The lowest BCUT2D eigenvalue weighted by Crippen LogP contribution is -2.31. The predicted octanol–water partition coefficient (Wildman–Crippen LogP) is 1.76. The first-order valence-electron chi connectivity index (χ1n) is 7.86. The van der Waals surface area contributed by atoms with Crippen LogP contribution in [0.15, 0.2) is 31.0 Å². The molecular weight excluding hydrogens is 304 g/mol. The van der Waals surface area contributed by atoms with Gasteiger partial charge in [-0.1, -0.05) is 0 Å². The molecule has 1 atom stereocenters. The normalized spacial score (nSPS) is 17.5. The topological polar surface area (TPSA) is 104 Å². The second-order valence-electron chi connectivity index (χ2n) is 5.73. The van der Waals surface area contributed by atoms with E-state index in [0.29, 0.717) is 17.7 Å². The molecule has 0 radical (unpaired) electrons. The fourth-order valence-electron chi connectivity index (χ4n) is 2.94. The fraction of sp³-hybridized carbons (Fsp3) is 0.312. The van der Waals surface area contributed by atoms with Crippen LogP contribution in [-0.4, -0.2) is 37.6 Å². The number of nitriles is 1. The van der Waals surface area contributed by atoms with Crippen LogP contribution in [0.3, 0.4) is 0 Å². The van der Waals surface area contributed by atoms with Crippen molar-refractivity contribution in [3.63, 3.8) is 0 Å². The third-order valence-corrected chi connectivity index (χ3v) is 4.15. The maximum atomic E-state index is 8.77. The van der Waals surface area contributed by atoms with Crippen molar-refractivity contribution in [2.45, 2.75) is 18.9 Å². The molecule has 1 aliphatic heterocycles. The van der Waals surface area contributed by atoms with Gasteiger partial charge in [0.2, 0.25) is 0 Å². The van der Waals surface area contributed by atoms with Gasteiger partial charge in [0, 0.05) is 18.7 Å². The number of piperidine rings is 1.